The fraction of sp³-hybridized carbons (Fsp3) is 0.348. The molecular formula is C23H25F3N4O4. The zero-order valence-corrected chi connectivity index (χ0v) is 18.4. The van der Waals surface area contributed by atoms with Crippen LogP contribution in [0.25, 0.3) is 0 Å². The highest BCUT2D eigenvalue weighted by atomic mass is 19.4. The number of rotatable bonds is 5. The summed E-state index contributed by atoms with van der Waals surface area (Å²) in [6.45, 7) is 1.13. The van der Waals surface area contributed by atoms with E-state index in [0.717, 1.165) is 6.07 Å². The van der Waals surface area contributed by atoms with Gasteiger partial charge in [0.1, 0.15) is 12.4 Å². The van der Waals surface area contributed by atoms with Crippen LogP contribution in [0.5, 0.6) is 5.75 Å². The quantitative estimate of drug-likeness (QED) is 0.447. The van der Waals surface area contributed by atoms with E-state index in [1.54, 1.807) is 30.3 Å². The van der Waals surface area contributed by atoms with Gasteiger partial charge in [0.05, 0.1) is 18.2 Å². The molecule has 0 unspecified atom stereocenters. The molecule has 182 valence electrons. The van der Waals surface area contributed by atoms with Crippen molar-refractivity contribution in [3.63, 3.8) is 0 Å². The van der Waals surface area contributed by atoms with Crippen molar-refractivity contribution in [1.82, 2.24) is 10.6 Å². The molecule has 0 atom stereocenters. The maximum Gasteiger partial charge on any atom is 0.437 e. The van der Waals surface area contributed by atoms with Gasteiger partial charge in [-0.25, -0.2) is 4.79 Å². The highest BCUT2D eigenvalue weighted by Crippen LogP contribution is 2.41. The molecule has 1 heterocycles. The number of nitrogens with zero attached hydrogens (tertiary/aromatic N) is 1. The Kier molecular flexibility index (Phi) is 8.11. The lowest BCUT2D eigenvalue weighted by Gasteiger charge is -2.27. The van der Waals surface area contributed by atoms with Crippen molar-refractivity contribution in [2.45, 2.75) is 31.5 Å². The van der Waals surface area contributed by atoms with Gasteiger partial charge in [-0.1, -0.05) is 30.3 Å². The van der Waals surface area contributed by atoms with Crippen LogP contribution < -0.4 is 21.1 Å². The Morgan fingerprint density at radius 2 is 1.85 bits per heavy atom. The van der Waals surface area contributed by atoms with Crippen LogP contribution in [0.4, 0.5) is 18.0 Å². The van der Waals surface area contributed by atoms with Crippen LogP contribution in [0, 0.1) is 0 Å². The Morgan fingerprint density at radius 3 is 2.47 bits per heavy atom. The number of piperidine rings is 1. The first-order valence-corrected chi connectivity index (χ1v) is 10.5. The SMILES string of the molecule is COc1cc(C2CCNCC2)c(C(F)(F)F)cc1C(=O)N/C(N)=N\C(=O)OCc1ccccc1. The second kappa shape index (κ2) is 11.0. The highest BCUT2D eigenvalue weighted by Gasteiger charge is 2.37. The first kappa shape index (κ1) is 25.0. The molecule has 2 aromatic carbocycles. The van der Waals surface area contributed by atoms with Gasteiger partial charge in [0, 0.05) is 0 Å². The van der Waals surface area contributed by atoms with Crippen molar-refractivity contribution in [3.05, 3.63) is 64.7 Å². The zero-order chi connectivity index (χ0) is 24.7. The summed E-state index contributed by atoms with van der Waals surface area (Å²) in [4.78, 5) is 27.9. The van der Waals surface area contributed by atoms with E-state index >= 15 is 0 Å². The first-order chi connectivity index (χ1) is 16.2. The fourth-order valence-corrected chi connectivity index (χ4v) is 3.72. The third-order valence-electron chi connectivity index (χ3n) is 5.36. The van der Waals surface area contributed by atoms with E-state index < -0.39 is 29.7 Å². The van der Waals surface area contributed by atoms with Gasteiger partial charge >= 0.3 is 12.3 Å². The van der Waals surface area contributed by atoms with Crippen LogP contribution in [0.1, 0.15) is 45.8 Å². The number of halogens is 3. The number of amides is 2. The number of guanidine groups is 1. The average molecular weight is 478 g/mol. The van der Waals surface area contributed by atoms with Gasteiger partial charge < -0.3 is 20.5 Å². The summed E-state index contributed by atoms with van der Waals surface area (Å²) in [6, 6.07) is 10.8. The number of carbonyl (C=O) groups is 2. The molecule has 11 heteroatoms. The number of hydrogen-bond acceptors (Lipinski definition) is 5. The number of nitrogens with one attached hydrogen (secondary N) is 2. The Bertz CT molecular complexity index is 1050. The van der Waals surface area contributed by atoms with Crippen molar-refractivity contribution in [1.29, 1.82) is 0 Å². The average Bonchev–Trinajstić information content (AvgIpc) is 2.82. The van der Waals surface area contributed by atoms with Crippen molar-refractivity contribution in [2.24, 2.45) is 10.7 Å². The Hall–Kier alpha value is -3.60. The fourth-order valence-electron chi connectivity index (χ4n) is 3.72. The van der Waals surface area contributed by atoms with Gasteiger partial charge in [0.25, 0.3) is 5.91 Å². The highest BCUT2D eigenvalue weighted by molar-refractivity contribution is 6.08. The molecule has 0 saturated carbocycles. The van der Waals surface area contributed by atoms with Crippen LogP contribution >= 0.6 is 0 Å². The zero-order valence-electron chi connectivity index (χ0n) is 18.4. The molecule has 0 aliphatic carbocycles. The summed E-state index contributed by atoms with van der Waals surface area (Å²) >= 11 is 0. The molecule has 1 aliphatic rings. The predicted molar refractivity (Wildman–Crippen MR) is 119 cm³/mol. The lowest BCUT2D eigenvalue weighted by atomic mass is 9.85. The first-order valence-electron chi connectivity index (χ1n) is 10.5. The van der Waals surface area contributed by atoms with E-state index in [4.69, 9.17) is 15.2 Å². The lowest BCUT2D eigenvalue weighted by Crippen LogP contribution is -2.38. The van der Waals surface area contributed by atoms with E-state index in [2.05, 4.69) is 15.6 Å². The van der Waals surface area contributed by atoms with Crippen LogP contribution in [0.15, 0.2) is 47.5 Å². The van der Waals surface area contributed by atoms with Crippen molar-refractivity contribution in [3.8, 4) is 5.75 Å². The smallest absolute Gasteiger partial charge is 0.437 e. The summed E-state index contributed by atoms with van der Waals surface area (Å²) in [5.74, 6) is -1.99. The minimum Gasteiger partial charge on any atom is -0.496 e. The van der Waals surface area contributed by atoms with Crippen molar-refractivity contribution in [2.75, 3.05) is 20.2 Å². The number of hydrogen-bond donors (Lipinski definition) is 3. The number of benzene rings is 2. The molecule has 4 N–H and O–H groups in total. The van der Waals surface area contributed by atoms with E-state index in [0.29, 0.717) is 31.5 Å². The van der Waals surface area contributed by atoms with Gasteiger partial charge in [-0.05, 0) is 55.1 Å². The van der Waals surface area contributed by atoms with Gasteiger partial charge in [-0.3, -0.25) is 10.1 Å². The molecule has 0 radical (unpaired) electrons. The second-order valence-electron chi connectivity index (χ2n) is 7.65. The topological polar surface area (TPSA) is 115 Å². The van der Waals surface area contributed by atoms with Crippen LogP contribution in [0.2, 0.25) is 0 Å². The molecule has 1 fully saturated rings. The monoisotopic (exact) mass is 478 g/mol. The minimum absolute atomic E-state index is 0.0431. The molecule has 2 amide bonds. The molecule has 0 bridgehead atoms. The lowest BCUT2D eigenvalue weighted by molar-refractivity contribution is -0.138. The standard InChI is InChI=1S/C23H25F3N4O4/c1-33-19-12-16(15-7-9-28-10-8-15)18(23(24,25)26)11-17(19)20(31)29-21(27)30-22(32)34-13-14-5-3-2-4-6-14/h2-6,11-12,15,28H,7-10,13H2,1H3,(H3,27,29,30,31,32). The number of aliphatic imine (C=N–C) groups is 1. The number of alkyl halides is 3. The summed E-state index contributed by atoms with van der Waals surface area (Å²) in [5.41, 5.74) is 5.08. The van der Waals surface area contributed by atoms with E-state index in [-0.39, 0.29) is 29.4 Å². The molecule has 3 rings (SSSR count). The number of methoxy groups -OCH3 is 1. The van der Waals surface area contributed by atoms with Crippen LogP contribution in [0.3, 0.4) is 0 Å². The molecule has 0 spiro atoms. The second-order valence-corrected chi connectivity index (χ2v) is 7.65. The van der Waals surface area contributed by atoms with E-state index in [9.17, 15) is 22.8 Å². The summed E-state index contributed by atoms with van der Waals surface area (Å²) in [7, 11) is 1.25. The van der Waals surface area contributed by atoms with Gasteiger partial charge in [0.2, 0.25) is 5.96 Å². The number of carbonyl (C=O) groups excluding carboxylic acids is 2. The molecule has 34 heavy (non-hydrogen) atoms. The number of nitrogens with two attached hydrogens (primary N) is 1. The molecular weight excluding hydrogens is 453 g/mol. The van der Waals surface area contributed by atoms with Gasteiger partial charge in [-0.15, -0.1) is 4.99 Å². The molecule has 2 aromatic rings. The predicted octanol–water partition coefficient (Wildman–Crippen LogP) is 3.56. The van der Waals surface area contributed by atoms with Gasteiger partial charge in [-0.2, -0.15) is 13.2 Å². The van der Waals surface area contributed by atoms with E-state index in [1.807, 2.05) is 0 Å². The Balaban J connectivity index is 1.78. The Labute approximate surface area is 194 Å². The minimum atomic E-state index is -4.68. The normalized spacial score (nSPS) is 15.0. The van der Waals surface area contributed by atoms with Crippen LogP contribution in [-0.4, -0.2) is 38.2 Å². The largest absolute Gasteiger partial charge is 0.496 e. The summed E-state index contributed by atoms with van der Waals surface area (Å²) in [6.07, 6.45) is -4.68. The van der Waals surface area contributed by atoms with Crippen LogP contribution in [-0.2, 0) is 17.5 Å². The molecule has 0 aromatic heterocycles. The third kappa shape index (κ3) is 6.47. The Morgan fingerprint density at radius 1 is 1.18 bits per heavy atom. The number of ether oxygens (including phenoxy) is 2. The molecule has 1 aliphatic heterocycles. The maximum absolute atomic E-state index is 13.8. The molecule has 8 nitrogen and oxygen atoms in total. The van der Waals surface area contributed by atoms with Crippen molar-refractivity contribution >= 4 is 18.0 Å². The maximum atomic E-state index is 13.8. The van der Waals surface area contributed by atoms with E-state index in [1.165, 1.54) is 13.2 Å². The third-order valence-corrected chi connectivity index (χ3v) is 5.36. The van der Waals surface area contributed by atoms with Gasteiger partial charge in [0.15, 0.2) is 0 Å². The summed E-state index contributed by atoms with van der Waals surface area (Å²) < 4.78 is 51.7. The van der Waals surface area contributed by atoms with Crippen molar-refractivity contribution < 1.29 is 32.2 Å². The summed E-state index contributed by atoms with van der Waals surface area (Å²) in [5, 5.41) is 5.22. The molecule has 1 saturated heterocycles.